The van der Waals surface area contributed by atoms with Crippen molar-refractivity contribution in [2.45, 2.75) is 138 Å². The van der Waals surface area contributed by atoms with Gasteiger partial charge in [-0.2, -0.15) is 4.72 Å². The second kappa shape index (κ2) is 37.5. The lowest BCUT2D eigenvalue weighted by atomic mass is 10.0. The minimum atomic E-state index is -4.59. The highest BCUT2D eigenvalue weighted by atomic mass is 79.9. The Hall–Kier alpha value is -9.14. The molecule has 0 aliphatic heterocycles. The van der Waals surface area contributed by atoms with Crippen LogP contribution in [0.15, 0.2) is 111 Å². The van der Waals surface area contributed by atoms with Gasteiger partial charge in [0.15, 0.2) is 0 Å². The number of rotatable bonds is 40. The smallest absolute Gasteiger partial charge is 0.305 e. The lowest BCUT2D eigenvalue weighted by molar-refractivity contribution is -0.140. The largest absolute Gasteiger partial charge is 0.481 e. The highest BCUT2D eigenvalue weighted by molar-refractivity contribution is 9.10. The van der Waals surface area contributed by atoms with Gasteiger partial charge < -0.3 is 68.6 Å². The first kappa shape index (κ1) is 75.6. The maximum absolute atomic E-state index is 14.6. The standard InChI is InChI=1S/C62H74Br2FN11O17S/c1-35-28-40(64)20-23-50(35)94(92,93)76-49(32-55(83)84)62(91)74-46(22-25-54(81)82)59(88)70-34-52(78)72-47(30-36-10-9-11-41(65)29-36)60(89)75-48(31-38-33-69-43-13-5-4-12-42(38)43)61(90)73-45(21-24-53(79)80)58(87)68-26-7-2-3-15-51(77)71-44(56(66)85)14-6-8-27-67-57(86)37-16-18-39(63)19-17-37/h4-5,9-13,16-20,23,28-29,33,44-49,69,76H,2-3,6-8,14-15,21-22,24-27,30-32,34H2,1H3,(H2,66,85)(H,67,86)(H,68,87)(H,70,88)(H,71,77)(H,72,78)(H,73,90)(H,74,91)(H,75,89)(H,79,80)(H,81,82)(H,83,84)/t44-,45-,46-,47-,48-,49+/m0/s1. The molecule has 0 bridgehead atoms. The van der Waals surface area contributed by atoms with Gasteiger partial charge in [0.25, 0.3) is 5.91 Å². The van der Waals surface area contributed by atoms with Gasteiger partial charge in [-0.25, -0.2) is 12.8 Å². The van der Waals surface area contributed by atoms with Crippen LogP contribution in [0.1, 0.15) is 104 Å². The van der Waals surface area contributed by atoms with Crippen LogP contribution in [0.3, 0.4) is 0 Å². The van der Waals surface area contributed by atoms with Crippen molar-refractivity contribution in [1.29, 1.82) is 0 Å². The molecule has 28 nitrogen and oxygen atoms in total. The van der Waals surface area contributed by atoms with E-state index in [9.17, 15) is 85.7 Å². The molecule has 4 aromatic carbocycles. The quantitative estimate of drug-likeness (QED) is 0.0251. The van der Waals surface area contributed by atoms with Crippen LogP contribution in [0.5, 0.6) is 0 Å². The number of carboxylic acid groups (broad SMARTS) is 3. The summed E-state index contributed by atoms with van der Waals surface area (Å²) in [7, 11) is -4.59. The van der Waals surface area contributed by atoms with Gasteiger partial charge in [-0.1, -0.05) is 68.6 Å². The van der Waals surface area contributed by atoms with Crippen LogP contribution in [0, 0.1) is 12.7 Å². The molecule has 32 heteroatoms. The number of H-pyrrole nitrogens is 1. The molecule has 1 aromatic heterocycles. The highest BCUT2D eigenvalue weighted by Crippen LogP contribution is 2.22. The summed E-state index contributed by atoms with van der Waals surface area (Å²) in [5.74, 6) is -13.0. The normalized spacial score (nSPS) is 13.1. The predicted molar refractivity (Wildman–Crippen MR) is 345 cm³/mol. The summed E-state index contributed by atoms with van der Waals surface area (Å²) in [6.07, 6.45) is -0.404. The van der Waals surface area contributed by atoms with E-state index in [4.69, 9.17) is 5.73 Å². The van der Waals surface area contributed by atoms with Gasteiger partial charge in [-0.15, -0.1) is 0 Å². The van der Waals surface area contributed by atoms with Crippen LogP contribution < -0.4 is 53.0 Å². The average Bonchev–Trinajstić information content (AvgIpc) is 1.35. The predicted octanol–water partition coefficient (Wildman–Crippen LogP) is 2.78. The van der Waals surface area contributed by atoms with Gasteiger partial charge in [-0.05, 0) is 129 Å². The van der Waals surface area contributed by atoms with Crippen LogP contribution in [0.25, 0.3) is 10.9 Å². The van der Waals surface area contributed by atoms with Crippen molar-refractivity contribution < 1.29 is 85.7 Å². The molecule has 6 atom stereocenters. The molecule has 0 fully saturated rings. The zero-order valence-electron chi connectivity index (χ0n) is 50.9. The molecule has 94 heavy (non-hydrogen) atoms. The van der Waals surface area contributed by atoms with Gasteiger partial charge in [0, 0.05) is 76.8 Å². The van der Waals surface area contributed by atoms with Crippen LogP contribution >= 0.6 is 31.9 Å². The molecular formula is C62H74Br2FN11O17S. The maximum atomic E-state index is 14.6. The lowest BCUT2D eigenvalue weighted by Gasteiger charge is -2.26. The second-order valence-electron chi connectivity index (χ2n) is 21.8. The molecule has 1 heterocycles. The molecular weight excluding hydrogens is 1380 g/mol. The molecule has 9 amide bonds. The van der Waals surface area contributed by atoms with Crippen LogP contribution in [-0.2, 0) is 75.6 Å². The molecule has 0 aliphatic carbocycles. The van der Waals surface area contributed by atoms with Crippen molar-refractivity contribution >= 4 is 124 Å². The SMILES string of the molecule is Cc1cc(Br)ccc1S(=O)(=O)N[C@H](CC(=O)O)C(=O)N[C@@H](CCC(=O)O)C(=O)NCC(=O)N[C@@H](Cc1cccc(F)c1)C(=O)N[C@@H](Cc1c[nH]c2ccccc12)C(=O)N[C@@H](CCC(=O)O)C(=O)NCCCCCC(=O)N[C@@H](CCCCNC(=O)c1ccc(Br)cc1)C(N)=O. The average molecular weight is 1460 g/mol. The van der Waals surface area contributed by atoms with Crippen molar-refractivity contribution in [3.05, 3.63) is 134 Å². The zero-order valence-corrected chi connectivity index (χ0v) is 54.9. The molecule has 5 rings (SSSR count). The maximum Gasteiger partial charge on any atom is 0.305 e. The van der Waals surface area contributed by atoms with Crippen molar-refractivity contribution in [2.75, 3.05) is 19.6 Å². The zero-order chi connectivity index (χ0) is 69.1. The van der Waals surface area contributed by atoms with Gasteiger partial charge >= 0.3 is 17.9 Å². The number of amides is 9. The topological polar surface area (TPSA) is 450 Å². The Kier molecular flexibility index (Phi) is 30.2. The summed E-state index contributed by atoms with van der Waals surface area (Å²) in [6, 6.07) is 13.1. The Morgan fingerprint density at radius 3 is 1.77 bits per heavy atom. The summed E-state index contributed by atoms with van der Waals surface area (Å²) >= 11 is 6.54. The lowest BCUT2D eigenvalue weighted by Crippen LogP contribution is -2.58. The minimum Gasteiger partial charge on any atom is -0.481 e. The number of aromatic amines is 1. The first-order chi connectivity index (χ1) is 44.6. The molecule has 0 radical (unpaired) electrons. The molecule has 0 saturated carbocycles. The van der Waals surface area contributed by atoms with Crippen molar-refractivity contribution in [3.63, 3.8) is 0 Å². The summed E-state index contributed by atoms with van der Waals surface area (Å²) < 4.78 is 44.8. The summed E-state index contributed by atoms with van der Waals surface area (Å²) in [4.78, 5) is 159. The highest BCUT2D eigenvalue weighted by Gasteiger charge is 2.34. The fourth-order valence-electron chi connectivity index (χ4n) is 9.65. The number of carboxylic acids is 3. The summed E-state index contributed by atoms with van der Waals surface area (Å²) in [5, 5.41) is 49.4. The molecule has 0 spiro atoms. The van der Waals surface area contributed by atoms with Gasteiger partial charge in [0.1, 0.15) is 42.1 Å². The minimum absolute atomic E-state index is 0.00780. The number of aryl methyl sites for hydroxylation is 1. The Labute approximate surface area is 556 Å². The van der Waals surface area contributed by atoms with Crippen molar-refractivity contribution in [1.82, 2.24) is 52.2 Å². The molecule has 0 unspecified atom stereocenters. The Morgan fingerprint density at radius 2 is 1.14 bits per heavy atom. The Bertz CT molecular complexity index is 3670. The molecule has 0 saturated heterocycles. The van der Waals surface area contributed by atoms with E-state index in [2.05, 4.69) is 79.4 Å². The number of fused-ring (bicyclic) bond motifs is 1. The summed E-state index contributed by atoms with van der Waals surface area (Å²) in [5.41, 5.74) is 7.54. The number of hydrogen-bond donors (Lipinski definition) is 14. The number of hydrogen-bond acceptors (Lipinski definition) is 14. The number of sulfonamides is 1. The number of carbonyl (C=O) groups excluding carboxylic acids is 9. The fourth-order valence-corrected chi connectivity index (χ4v) is 11.8. The van der Waals surface area contributed by atoms with Crippen LogP contribution in [0.4, 0.5) is 4.39 Å². The van der Waals surface area contributed by atoms with Gasteiger partial charge in [0.05, 0.1) is 17.9 Å². The van der Waals surface area contributed by atoms with E-state index in [0.29, 0.717) is 65.2 Å². The Morgan fingerprint density at radius 1 is 0.553 bits per heavy atom. The van der Waals surface area contributed by atoms with E-state index in [-0.39, 0.29) is 47.7 Å². The number of nitrogens with two attached hydrogens (primary N) is 1. The van der Waals surface area contributed by atoms with E-state index in [1.54, 1.807) is 54.7 Å². The number of aliphatic carboxylic acids is 3. The third kappa shape index (κ3) is 25.7. The van der Waals surface area contributed by atoms with Crippen LogP contribution in [-0.4, -0.2) is 156 Å². The molecule has 506 valence electrons. The van der Waals surface area contributed by atoms with Crippen molar-refractivity contribution in [2.24, 2.45) is 5.73 Å². The monoisotopic (exact) mass is 1450 g/mol. The number of para-hydroxylation sites is 1. The van der Waals surface area contributed by atoms with Crippen molar-refractivity contribution in [3.8, 4) is 0 Å². The number of benzene rings is 4. The number of halogens is 3. The third-order valence-corrected chi connectivity index (χ3v) is 17.1. The number of unbranched alkanes of at least 4 members (excludes halogenated alkanes) is 3. The third-order valence-electron chi connectivity index (χ3n) is 14.5. The van der Waals surface area contributed by atoms with Gasteiger partial charge in [-0.3, -0.25) is 57.5 Å². The van der Waals surface area contributed by atoms with E-state index >= 15 is 0 Å². The Balaban J connectivity index is 1.24. The second-order valence-corrected chi connectivity index (χ2v) is 25.4. The number of carbonyl (C=O) groups is 12. The van der Waals surface area contributed by atoms with E-state index < -0.39 is 162 Å². The summed E-state index contributed by atoms with van der Waals surface area (Å²) in [6.45, 7) is 0.807. The van der Waals surface area contributed by atoms with Gasteiger partial charge in [0.2, 0.25) is 57.3 Å². The van der Waals surface area contributed by atoms with E-state index in [1.807, 2.05) is 4.72 Å². The molecule has 15 N–H and O–H groups in total. The van der Waals surface area contributed by atoms with Crippen LogP contribution in [0.2, 0.25) is 0 Å². The molecule has 5 aromatic rings. The molecule has 0 aliphatic rings. The first-order valence-corrected chi connectivity index (χ1v) is 32.8. The number of aromatic nitrogens is 1. The number of primary amides is 1. The fraction of sp³-hybridized carbons (Fsp3) is 0.387. The first-order valence-electron chi connectivity index (χ1n) is 29.7. The number of nitrogens with one attached hydrogen (secondary N) is 10. The van der Waals surface area contributed by atoms with E-state index in [0.717, 1.165) is 16.6 Å². The van der Waals surface area contributed by atoms with E-state index in [1.165, 1.54) is 37.3 Å².